The van der Waals surface area contributed by atoms with Crippen molar-refractivity contribution in [1.29, 1.82) is 0 Å². The molecule has 0 amide bonds. The standard InChI is InChI=1S/C65H53N5/c1-64(2,3)45-36-38-57-53(40-45)49-28-16-18-34-55(49)69(57)59-47(42-22-10-7-11-23-42)30-20-32-51(59)62-66-61(44-26-14-9-15-27-44)67-63(68-62)52-33-21-31-48(43-24-12-8-13-25-43)60(52)70-56-35-19-17-29-50(56)54-41-46(65(4,5)6)37-39-58(54)70/h7-41H,1-6H3. The van der Waals surface area contributed by atoms with Gasteiger partial charge in [0.2, 0.25) is 0 Å². The van der Waals surface area contributed by atoms with Crippen molar-refractivity contribution in [2.75, 3.05) is 0 Å². The first-order valence-electron chi connectivity index (χ1n) is 24.3. The van der Waals surface area contributed by atoms with Crippen LogP contribution in [0.3, 0.4) is 0 Å². The van der Waals surface area contributed by atoms with Crippen molar-refractivity contribution in [3.05, 3.63) is 223 Å². The van der Waals surface area contributed by atoms with Gasteiger partial charge in [-0.25, -0.2) is 15.0 Å². The summed E-state index contributed by atoms with van der Waals surface area (Å²) >= 11 is 0. The molecule has 3 aromatic heterocycles. The lowest BCUT2D eigenvalue weighted by atomic mass is 9.86. The summed E-state index contributed by atoms with van der Waals surface area (Å²) in [5.74, 6) is 1.77. The first kappa shape index (κ1) is 42.9. The summed E-state index contributed by atoms with van der Waals surface area (Å²) in [5.41, 5.74) is 16.1. The third kappa shape index (κ3) is 7.28. The molecule has 0 unspecified atom stereocenters. The van der Waals surface area contributed by atoms with E-state index < -0.39 is 0 Å². The maximum absolute atomic E-state index is 5.67. The molecule has 338 valence electrons. The predicted octanol–water partition coefficient (Wildman–Crippen LogP) is 17.0. The highest BCUT2D eigenvalue weighted by Crippen LogP contribution is 2.45. The molecule has 0 fully saturated rings. The van der Waals surface area contributed by atoms with E-state index >= 15 is 0 Å². The van der Waals surface area contributed by atoms with Crippen molar-refractivity contribution in [3.63, 3.8) is 0 Å². The quantitative estimate of drug-likeness (QED) is 0.160. The Hall–Kier alpha value is -8.41. The monoisotopic (exact) mass is 903 g/mol. The van der Waals surface area contributed by atoms with Crippen LogP contribution in [0.15, 0.2) is 212 Å². The van der Waals surface area contributed by atoms with E-state index in [9.17, 15) is 0 Å². The molecule has 12 rings (SSSR count). The SMILES string of the molecule is CC(C)(C)c1ccc2c(c1)c1ccccc1n2-c1c(-c2ccccc2)cccc1-c1nc(-c2ccccc2)nc(-c2cccc(-c3ccccc3)c2-n2c3ccccc3c3cc(C(C)(C)C)ccc32)n1. The third-order valence-electron chi connectivity index (χ3n) is 13.9. The highest BCUT2D eigenvalue weighted by molar-refractivity contribution is 6.12. The van der Waals surface area contributed by atoms with Crippen LogP contribution in [0, 0.1) is 0 Å². The number of aromatic nitrogens is 5. The summed E-state index contributed by atoms with van der Waals surface area (Å²) in [6, 6.07) is 76.3. The Morgan fingerprint density at radius 1 is 0.286 bits per heavy atom. The molecule has 0 atom stereocenters. The molecule has 0 aliphatic heterocycles. The zero-order chi connectivity index (χ0) is 47.7. The van der Waals surface area contributed by atoms with Crippen LogP contribution in [0.2, 0.25) is 0 Å². The smallest absolute Gasteiger partial charge is 0.166 e. The molecule has 9 aromatic carbocycles. The van der Waals surface area contributed by atoms with Gasteiger partial charge in [0.15, 0.2) is 17.5 Å². The summed E-state index contributed by atoms with van der Waals surface area (Å²) in [7, 11) is 0. The average Bonchev–Trinajstić information content (AvgIpc) is 3.90. The van der Waals surface area contributed by atoms with E-state index in [1.807, 2.05) is 6.07 Å². The summed E-state index contributed by atoms with van der Waals surface area (Å²) in [6.07, 6.45) is 0. The molecule has 0 saturated carbocycles. The van der Waals surface area contributed by atoms with Gasteiger partial charge in [0.1, 0.15) is 0 Å². The normalized spacial score (nSPS) is 12.1. The van der Waals surface area contributed by atoms with Crippen LogP contribution in [0.25, 0.3) is 111 Å². The zero-order valence-corrected chi connectivity index (χ0v) is 40.4. The van der Waals surface area contributed by atoms with Crippen LogP contribution in [0.4, 0.5) is 0 Å². The number of rotatable bonds is 7. The zero-order valence-electron chi connectivity index (χ0n) is 40.4. The topological polar surface area (TPSA) is 48.5 Å². The second-order valence-corrected chi connectivity index (χ2v) is 20.5. The number of para-hydroxylation sites is 4. The number of fused-ring (bicyclic) bond motifs is 6. The average molecular weight is 904 g/mol. The molecule has 0 spiro atoms. The van der Waals surface area contributed by atoms with Gasteiger partial charge in [-0.05, 0) is 81.6 Å². The van der Waals surface area contributed by atoms with E-state index in [-0.39, 0.29) is 10.8 Å². The highest BCUT2D eigenvalue weighted by atomic mass is 15.1. The van der Waals surface area contributed by atoms with Crippen molar-refractivity contribution in [3.8, 4) is 67.8 Å². The molecule has 0 radical (unpaired) electrons. The molecular formula is C65H53N5. The van der Waals surface area contributed by atoms with E-state index in [4.69, 9.17) is 15.0 Å². The number of nitrogens with zero attached hydrogens (tertiary/aromatic N) is 5. The van der Waals surface area contributed by atoms with E-state index in [0.29, 0.717) is 17.5 Å². The molecule has 5 nitrogen and oxygen atoms in total. The molecule has 0 aliphatic carbocycles. The van der Waals surface area contributed by atoms with Gasteiger partial charge in [-0.3, -0.25) is 0 Å². The van der Waals surface area contributed by atoms with Crippen LogP contribution in [-0.4, -0.2) is 24.1 Å². The largest absolute Gasteiger partial charge is 0.308 e. The van der Waals surface area contributed by atoms with Crippen molar-refractivity contribution < 1.29 is 0 Å². The highest BCUT2D eigenvalue weighted by Gasteiger charge is 2.27. The lowest BCUT2D eigenvalue weighted by molar-refractivity contribution is 0.591. The first-order chi connectivity index (χ1) is 34.0. The van der Waals surface area contributed by atoms with Gasteiger partial charge in [0, 0.05) is 49.4 Å². The second-order valence-electron chi connectivity index (χ2n) is 20.5. The summed E-state index contributed by atoms with van der Waals surface area (Å²) < 4.78 is 4.87. The summed E-state index contributed by atoms with van der Waals surface area (Å²) in [4.78, 5) is 16.6. The summed E-state index contributed by atoms with van der Waals surface area (Å²) in [6.45, 7) is 13.7. The van der Waals surface area contributed by atoms with Crippen LogP contribution < -0.4 is 0 Å². The lowest BCUT2D eigenvalue weighted by Gasteiger charge is -2.21. The molecule has 0 bridgehead atoms. The molecule has 5 heteroatoms. The first-order valence-corrected chi connectivity index (χ1v) is 24.3. The van der Waals surface area contributed by atoms with Gasteiger partial charge in [-0.1, -0.05) is 205 Å². The minimum Gasteiger partial charge on any atom is -0.308 e. The Bertz CT molecular complexity index is 3710. The Balaban J connectivity index is 1.19. The minimum atomic E-state index is -0.0229. The van der Waals surface area contributed by atoms with Gasteiger partial charge >= 0.3 is 0 Å². The van der Waals surface area contributed by atoms with E-state index in [2.05, 4.69) is 257 Å². The fourth-order valence-corrected chi connectivity index (χ4v) is 10.3. The van der Waals surface area contributed by atoms with Gasteiger partial charge in [-0.2, -0.15) is 0 Å². The van der Waals surface area contributed by atoms with E-state index in [1.54, 1.807) is 0 Å². The molecule has 0 aliphatic rings. The van der Waals surface area contributed by atoms with Crippen LogP contribution in [0.5, 0.6) is 0 Å². The van der Waals surface area contributed by atoms with Crippen molar-refractivity contribution in [2.24, 2.45) is 0 Å². The number of hydrogen-bond donors (Lipinski definition) is 0. The second kappa shape index (κ2) is 16.7. The molecule has 0 N–H and O–H groups in total. The Morgan fingerprint density at radius 3 is 1.04 bits per heavy atom. The fraction of sp³-hybridized carbons (Fsp3) is 0.123. The van der Waals surface area contributed by atoms with Crippen LogP contribution in [0.1, 0.15) is 52.7 Å². The Kier molecular flexibility index (Phi) is 10.2. The van der Waals surface area contributed by atoms with E-state index in [0.717, 1.165) is 72.4 Å². The van der Waals surface area contributed by atoms with Crippen molar-refractivity contribution in [2.45, 2.75) is 52.4 Å². The number of benzene rings is 9. The Morgan fingerprint density at radius 2 is 0.629 bits per heavy atom. The molecule has 70 heavy (non-hydrogen) atoms. The lowest BCUT2D eigenvalue weighted by Crippen LogP contribution is -2.10. The fourth-order valence-electron chi connectivity index (χ4n) is 10.3. The third-order valence-corrected chi connectivity index (χ3v) is 13.9. The van der Waals surface area contributed by atoms with Gasteiger partial charge in [0.05, 0.1) is 33.4 Å². The van der Waals surface area contributed by atoms with Crippen LogP contribution in [-0.2, 0) is 10.8 Å². The molecule has 0 saturated heterocycles. The number of hydrogen-bond acceptors (Lipinski definition) is 3. The van der Waals surface area contributed by atoms with Gasteiger partial charge in [-0.15, -0.1) is 0 Å². The maximum atomic E-state index is 5.67. The predicted molar refractivity (Wildman–Crippen MR) is 293 cm³/mol. The van der Waals surface area contributed by atoms with Gasteiger partial charge < -0.3 is 9.13 Å². The van der Waals surface area contributed by atoms with Crippen LogP contribution >= 0.6 is 0 Å². The minimum absolute atomic E-state index is 0.0229. The summed E-state index contributed by atoms with van der Waals surface area (Å²) in [5, 5.41) is 4.81. The maximum Gasteiger partial charge on any atom is 0.166 e. The molecule has 3 heterocycles. The molecular weight excluding hydrogens is 851 g/mol. The Labute approximate surface area is 409 Å². The van der Waals surface area contributed by atoms with E-state index in [1.165, 1.54) is 32.7 Å². The van der Waals surface area contributed by atoms with Crippen molar-refractivity contribution in [1.82, 2.24) is 24.1 Å². The van der Waals surface area contributed by atoms with Crippen molar-refractivity contribution >= 4 is 43.6 Å². The van der Waals surface area contributed by atoms with Gasteiger partial charge in [0.25, 0.3) is 0 Å². The molecule has 12 aromatic rings.